The van der Waals surface area contributed by atoms with Crippen LogP contribution in [0.1, 0.15) is 20.9 Å². The fourth-order valence-corrected chi connectivity index (χ4v) is 2.38. The molecule has 0 radical (unpaired) electrons. The molecule has 0 unspecified atom stereocenters. The molecule has 0 fully saturated rings. The summed E-state index contributed by atoms with van der Waals surface area (Å²) in [6.07, 6.45) is 1.77. The van der Waals surface area contributed by atoms with Gasteiger partial charge in [0.25, 0.3) is 5.91 Å². The molecule has 0 atom stereocenters. The number of nitrogens with two attached hydrogens (primary N) is 1. The number of nitrogens with one attached hydrogen (secondary N) is 1. The van der Waals surface area contributed by atoms with Gasteiger partial charge in [0.1, 0.15) is 4.88 Å². The van der Waals surface area contributed by atoms with Crippen LogP contribution in [0.5, 0.6) is 0 Å². The van der Waals surface area contributed by atoms with Crippen molar-refractivity contribution in [1.82, 2.24) is 9.78 Å². The summed E-state index contributed by atoms with van der Waals surface area (Å²) in [6, 6.07) is 1.82. The van der Waals surface area contributed by atoms with E-state index in [1.165, 1.54) is 11.3 Å². The Morgan fingerprint density at radius 1 is 1.63 bits per heavy atom. The molecule has 19 heavy (non-hydrogen) atoms. The summed E-state index contributed by atoms with van der Waals surface area (Å²) in [5, 5.41) is 8.86. The lowest BCUT2D eigenvalue weighted by Crippen LogP contribution is -2.11. The van der Waals surface area contributed by atoms with Crippen molar-refractivity contribution >= 4 is 22.9 Å². The van der Waals surface area contributed by atoms with Gasteiger partial charge in [-0.05, 0) is 18.4 Å². The first-order chi connectivity index (χ1) is 9.11. The molecule has 3 N–H and O–H groups in total. The van der Waals surface area contributed by atoms with Gasteiger partial charge >= 0.3 is 0 Å². The molecule has 5 nitrogen and oxygen atoms in total. The maximum Gasteiger partial charge on any atom is 0.267 e. The maximum atomic E-state index is 12.2. The second kappa shape index (κ2) is 5.69. The van der Waals surface area contributed by atoms with Crippen LogP contribution in [0.15, 0.2) is 17.6 Å². The van der Waals surface area contributed by atoms with Gasteiger partial charge in [-0.3, -0.25) is 9.48 Å². The predicted molar refractivity (Wildman–Crippen MR) is 76.1 cm³/mol. The Labute approximate surface area is 115 Å². The molecule has 0 aromatic carbocycles. The molecule has 0 aliphatic rings. The zero-order valence-electron chi connectivity index (χ0n) is 10.7. The van der Waals surface area contributed by atoms with E-state index in [1.807, 2.05) is 25.4 Å². The van der Waals surface area contributed by atoms with Gasteiger partial charge in [-0.1, -0.05) is 11.8 Å². The predicted octanol–water partition coefficient (Wildman–Crippen LogP) is 1.35. The number of carbonyl (C=O) groups is 1. The quantitative estimate of drug-likeness (QED) is 0.812. The molecule has 0 aliphatic carbocycles. The first-order valence-electron chi connectivity index (χ1n) is 5.70. The number of amides is 1. The average Bonchev–Trinajstić information content (AvgIpc) is 2.94. The van der Waals surface area contributed by atoms with Crippen molar-refractivity contribution in [3.05, 3.63) is 33.8 Å². The third-order valence-corrected chi connectivity index (χ3v) is 3.37. The number of aryl methyl sites for hydroxylation is 2. The zero-order chi connectivity index (χ0) is 13.8. The summed E-state index contributed by atoms with van der Waals surface area (Å²) < 4.78 is 1.66. The van der Waals surface area contributed by atoms with Gasteiger partial charge in [-0.2, -0.15) is 5.10 Å². The van der Waals surface area contributed by atoms with E-state index in [2.05, 4.69) is 22.3 Å². The van der Waals surface area contributed by atoms with Crippen molar-refractivity contribution < 1.29 is 4.79 Å². The number of carbonyl (C=O) groups excluding carboxylic acids is 1. The van der Waals surface area contributed by atoms with Crippen molar-refractivity contribution in [2.24, 2.45) is 12.8 Å². The highest BCUT2D eigenvalue weighted by atomic mass is 32.1. The van der Waals surface area contributed by atoms with Gasteiger partial charge in [0.05, 0.1) is 17.9 Å². The number of nitrogens with zero attached hydrogens (tertiary/aromatic N) is 2. The Balaban J connectivity index is 2.21. The zero-order valence-corrected chi connectivity index (χ0v) is 11.5. The van der Waals surface area contributed by atoms with Crippen LogP contribution in [-0.2, 0) is 7.05 Å². The van der Waals surface area contributed by atoms with Crippen molar-refractivity contribution in [2.75, 3.05) is 11.9 Å². The summed E-state index contributed by atoms with van der Waals surface area (Å²) in [4.78, 5) is 12.8. The normalized spacial score (nSPS) is 9.84. The molecular weight excluding hydrogens is 260 g/mol. The number of aromatic nitrogens is 2. The van der Waals surface area contributed by atoms with E-state index < -0.39 is 0 Å². The third kappa shape index (κ3) is 3.02. The van der Waals surface area contributed by atoms with E-state index in [1.54, 1.807) is 10.9 Å². The van der Waals surface area contributed by atoms with Gasteiger partial charge in [0.2, 0.25) is 0 Å². The largest absolute Gasteiger partial charge is 0.320 e. The Morgan fingerprint density at radius 3 is 3.05 bits per heavy atom. The number of thiophene rings is 1. The monoisotopic (exact) mass is 274 g/mol. The lowest BCUT2D eigenvalue weighted by atomic mass is 10.2. The van der Waals surface area contributed by atoms with Gasteiger partial charge in [0.15, 0.2) is 0 Å². The minimum Gasteiger partial charge on any atom is -0.320 e. The van der Waals surface area contributed by atoms with E-state index in [0.717, 1.165) is 5.69 Å². The van der Waals surface area contributed by atoms with Crippen molar-refractivity contribution in [2.45, 2.75) is 6.92 Å². The molecule has 6 heteroatoms. The van der Waals surface area contributed by atoms with Gasteiger partial charge in [-0.25, -0.2) is 0 Å². The summed E-state index contributed by atoms with van der Waals surface area (Å²) in [7, 11) is 1.81. The van der Waals surface area contributed by atoms with Gasteiger partial charge in [0, 0.05) is 18.8 Å². The molecule has 1 amide bonds. The van der Waals surface area contributed by atoms with E-state index >= 15 is 0 Å². The first-order valence-corrected chi connectivity index (χ1v) is 6.58. The fraction of sp³-hybridized carbons (Fsp3) is 0.231. The molecule has 0 bridgehead atoms. The van der Waals surface area contributed by atoms with Crippen molar-refractivity contribution in [3.63, 3.8) is 0 Å². The minimum atomic E-state index is -0.174. The molecule has 98 valence electrons. The highest BCUT2D eigenvalue weighted by Crippen LogP contribution is 2.19. The highest BCUT2D eigenvalue weighted by molar-refractivity contribution is 7.12. The minimum absolute atomic E-state index is 0.174. The summed E-state index contributed by atoms with van der Waals surface area (Å²) in [5.74, 6) is 5.47. The summed E-state index contributed by atoms with van der Waals surface area (Å²) >= 11 is 1.36. The van der Waals surface area contributed by atoms with Crippen LogP contribution < -0.4 is 11.1 Å². The second-order valence-corrected chi connectivity index (χ2v) is 4.84. The topological polar surface area (TPSA) is 72.9 Å². The van der Waals surface area contributed by atoms with Gasteiger partial charge in [-0.15, -0.1) is 11.3 Å². The van der Waals surface area contributed by atoms with Crippen LogP contribution >= 0.6 is 11.3 Å². The average molecular weight is 274 g/mol. The van der Waals surface area contributed by atoms with Crippen molar-refractivity contribution in [3.8, 4) is 11.8 Å². The van der Waals surface area contributed by atoms with Crippen LogP contribution in [0, 0.1) is 18.8 Å². The van der Waals surface area contributed by atoms with Crippen LogP contribution in [0.2, 0.25) is 0 Å². The number of hydrogen-bond acceptors (Lipinski definition) is 4. The van der Waals surface area contributed by atoms with Crippen LogP contribution in [0.25, 0.3) is 0 Å². The molecule has 2 aromatic rings. The SMILES string of the molecule is Cc1nn(C)cc1NC(=O)c1sccc1C#CCN. The summed E-state index contributed by atoms with van der Waals surface area (Å²) in [6.45, 7) is 2.12. The third-order valence-electron chi connectivity index (χ3n) is 2.46. The molecule has 0 saturated heterocycles. The maximum absolute atomic E-state index is 12.2. The molecule has 0 spiro atoms. The van der Waals surface area contributed by atoms with Crippen LogP contribution in [0.3, 0.4) is 0 Å². The van der Waals surface area contributed by atoms with Crippen LogP contribution in [-0.4, -0.2) is 22.2 Å². The smallest absolute Gasteiger partial charge is 0.267 e. The lowest BCUT2D eigenvalue weighted by Gasteiger charge is -2.01. The molecule has 0 aliphatic heterocycles. The second-order valence-electron chi connectivity index (χ2n) is 3.93. The lowest BCUT2D eigenvalue weighted by molar-refractivity contribution is 0.103. The standard InChI is InChI=1S/C13H14N4OS/c1-9-11(8-17(2)16-9)15-13(18)12-10(4-3-6-14)5-7-19-12/h5,7-8H,6,14H2,1-2H3,(H,15,18). The first kappa shape index (κ1) is 13.3. The van der Waals surface area contributed by atoms with Crippen LogP contribution in [0.4, 0.5) is 5.69 Å². The Hall–Kier alpha value is -2.10. The molecule has 2 heterocycles. The van der Waals surface area contributed by atoms with E-state index in [0.29, 0.717) is 16.1 Å². The van der Waals surface area contributed by atoms with E-state index in [-0.39, 0.29) is 12.5 Å². The number of anilines is 1. The molecule has 0 saturated carbocycles. The number of rotatable bonds is 2. The van der Waals surface area contributed by atoms with E-state index in [4.69, 9.17) is 5.73 Å². The molecule has 2 aromatic heterocycles. The Morgan fingerprint density at radius 2 is 2.42 bits per heavy atom. The van der Waals surface area contributed by atoms with Crippen molar-refractivity contribution in [1.29, 1.82) is 0 Å². The molecular formula is C13H14N4OS. The highest BCUT2D eigenvalue weighted by Gasteiger charge is 2.14. The Bertz CT molecular complexity index is 660. The molecule has 2 rings (SSSR count). The summed E-state index contributed by atoms with van der Waals surface area (Å²) in [5.41, 5.74) is 7.53. The number of hydrogen-bond donors (Lipinski definition) is 2. The fourth-order valence-electron chi connectivity index (χ4n) is 1.63. The van der Waals surface area contributed by atoms with E-state index in [9.17, 15) is 4.79 Å². The Kier molecular flexibility index (Phi) is 4.00. The van der Waals surface area contributed by atoms with Gasteiger partial charge < -0.3 is 11.1 Å².